The zero-order valence-electron chi connectivity index (χ0n) is 9.35. The van der Waals surface area contributed by atoms with Crippen molar-refractivity contribution in [1.82, 2.24) is 14.9 Å². The van der Waals surface area contributed by atoms with Crippen LogP contribution in [0, 0.1) is 5.95 Å². The van der Waals surface area contributed by atoms with E-state index in [0.717, 1.165) is 5.56 Å². The first-order valence-electron chi connectivity index (χ1n) is 5.17. The number of carbonyl (C=O) groups excluding carboxylic acids is 1. The molecule has 2 rings (SSSR count). The van der Waals surface area contributed by atoms with Gasteiger partial charge in [-0.2, -0.15) is 4.39 Å². The summed E-state index contributed by atoms with van der Waals surface area (Å²) in [5.74, 6) is -1.04. The lowest BCUT2D eigenvalue weighted by molar-refractivity contribution is 0.0944. The van der Waals surface area contributed by atoms with Crippen LogP contribution in [0.1, 0.15) is 16.1 Å². The number of hydrogen-bond acceptors (Lipinski definition) is 2. The Morgan fingerprint density at radius 3 is 2.94 bits per heavy atom. The highest BCUT2D eigenvalue weighted by molar-refractivity contribution is 5.92. The van der Waals surface area contributed by atoms with Gasteiger partial charge in [0, 0.05) is 26.0 Å². The van der Waals surface area contributed by atoms with Crippen LogP contribution in [0.5, 0.6) is 0 Å². The molecule has 0 saturated heterocycles. The molecule has 0 aliphatic rings. The number of nitrogens with one attached hydrogen (secondary N) is 1. The molecular formula is C12H12FN3O. The number of hydrogen-bond donors (Lipinski definition) is 1. The Morgan fingerprint density at radius 1 is 1.47 bits per heavy atom. The van der Waals surface area contributed by atoms with E-state index in [1.165, 1.54) is 18.2 Å². The van der Waals surface area contributed by atoms with Crippen LogP contribution >= 0.6 is 0 Å². The summed E-state index contributed by atoms with van der Waals surface area (Å²) >= 11 is 0. The maximum atomic E-state index is 12.8. The van der Waals surface area contributed by atoms with Gasteiger partial charge in [0.2, 0.25) is 5.95 Å². The number of carbonyl (C=O) groups is 1. The van der Waals surface area contributed by atoms with Gasteiger partial charge in [-0.15, -0.1) is 0 Å². The monoisotopic (exact) mass is 233 g/mol. The quantitative estimate of drug-likeness (QED) is 0.816. The minimum atomic E-state index is -0.655. The first kappa shape index (κ1) is 11.3. The Morgan fingerprint density at radius 2 is 2.29 bits per heavy atom. The van der Waals surface area contributed by atoms with Gasteiger partial charge in [0.1, 0.15) is 5.69 Å². The summed E-state index contributed by atoms with van der Waals surface area (Å²) < 4.78 is 14.7. The van der Waals surface area contributed by atoms with E-state index in [4.69, 9.17) is 0 Å². The van der Waals surface area contributed by atoms with Crippen molar-refractivity contribution >= 4 is 5.91 Å². The second-order valence-corrected chi connectivity index (χ2v) is 3.71. The predicted octanol–water partition coefficient (Wildman–Crippen LogP) is 1.49. The number of pyridine rings is 1. The molecule has 0 radical (unpaired) electrons. The van der Waals surface area contributed by atoms with Gasteiger partial charge >= 0.3 is 0 Å². The zero-order chi connectivity index (χ0) is 12.3. The van der Waals surface area contributed by atoms with Crippen LogP contribution in [0.3, 0.4) is 0 Å². The zero-order valence-corrected chi connectivity index (χ0v) is 9.35. The molecule has 4 nitrogen and oxygen atoms in total. The maximum absolute atomic E-state index is 12.8. The molecule has 0 aliphatic carbocycles. The third kappa shape index (κ3) is 2.90. The van der Waals surface area contributed by atoms with Crippen LogP contribution in [0.15, 0.2) is 36.7 Å². The van der Waals surface area contributed by atoms with E-state index in [1.54, 1.807) is 0 Å². The van der Waals surface area contributed by atoms with Crippen molar-refractivity contribution in [2.24, 2.45) is 7.05 Å². The topological polar surface area (TPSA) is 46.9 Å². The Labute approximate surface area is 98.1 Å². The molecule has 2 aromatic rings. The maximum Gasteiger partial charge on any atom is 0.270 e. The lowest BCUT2D eigenvalue weighted by Gasteiger charge is -2.02. The predicted molar refractivity (Wildman–Crippen MR) is 60.8 cm³/mol. The van der Waals surface area contributed by atoms with E-state index in [-0.39, 0.29) is 11.6 Å². The molecule has 1 amide bonds. The Balaban J connectivity index is 1.98. The number of amides is 1. The van der Waals surface area contributed by atoms with Crippen LogP contribution in [0.4, 0.5) is 4.39 Å². The van der Waals surface area contributed by atoms with E-state index in [0.29, 0.717) is 6.54 Å². The summed E-state index contributed by atoms with van der Waals surface area (Å²) in [5.41, 5.74) is 1.07. The molecule has 0 spiro atoms. The Hall–Kier alpha value is -2.17. The summed E-state index contributed by atoms with van der Waals surface area (Å²) in [6, 6.07) is 6.04. The van der Waals surface area contributed by atoms with Gasteiger partial charge in [-0.05, 0) is 23.8 Å². The van der Waals surface area contributed by atoms with Crippen molar-refractivity contribution in [3.05, 3.63) is 53.9 Å². The number of aromatic nitrogens is 2. The van der Waals surface area contributed by atoms with Gasteiger partial charge in [-0.3, -0.25) is 4.79 Å². The largest absolute Gasteiger partial charge is 0.357 e. The molecular weight excluding hydrogens is 221 g/mol. The van der Waals surface area contributed by atoms with Crippen molar-refractivity contribution in [1.29, 1.82) is 0 Å². The van der Waals surface area contributed by atoms with Crippen molar-refractivity contribution in [3.8, 4) is 0 Å². The molecule has 0 saturated carbocycles. The number of aryl methyl sites for hydroxylation is 1. The molecule has 0 atom stereocenters. The number of rotatable bonds is 3. The minimum absolute atomic E-state index is 0.0842. The molecule has 5 heteroatoms. The lowest BCUT2D eigenvalue weighted by atomic mass is 10.3. The molecule has 0 unspecified atom stereocenters. The van der Waals surface area contributed by atoms with Crippen molar-refractivity contribution in [2.45, 2.75) is 6.54 Å². The van der Waals surface area contributed by atoms with Gasteiger partial charge in [-0.25, -0.2) is 4.98 Å². The lowest BCUT2D eigenvalue weighted by Crippen LogP contribution is -2.23. The first-order valence-corrected chi connectivity index (χ1v) is 5.17. The smallest absolute Gasteiger partial charge is 0.270 e. The molecule has 0 bridgehead atoms. The average molecular weight is 233 g/mol. The van der Waals surface area contributed by atoms with Crippen molar-refractivity contribution in [2.75, 3.05) is 0 Å². The van der Waals surface area contributed by atoms with Crippen LogP contribution in [0.2, 0.25) is 0 Å². The fourth-order valence-corrected chi connectivity index (χ4v) is 1.47. The molecule has 2 heterocycles. The van der Waals surface area contributed by atoms with Gasteiger partial charge in [0.25, 0.3) is 5.91 Å². The van der Waals surface area contributed by atoms with E-state index in [2.05, 4.69) is 10.3 Å². The highest BCUT2D eigenvalue weighted by atomic mass is 19.1. The molecule has 88 valence electrons. The standard InChI is InChI=1S/C12H12FN3O/c1-16-6-5-9(8-16)7-14-12(17)10-3-2-4-11(13)15-10/h2-6,8H,7H2,1H3,(H,14,17). The Bertz CT molecular complexity index is 536. The van der Waals surface area contributed by atoms with Crippen molar-refractivity contribution < 1.29 is 9.18 Å². The van der Waals surface area contributed by atoms with Crippen LogP contribution in [0.25, 0.3) is 0 Å². The second kappa shape index (κ2) is 4.78. The van der Waals surface area contributed by atoms with Gasteiger partial charge < -0.3 is 9.88 Å². The normalized spacial score (nSPS) is 10.2. The summed E-state index contributed by atoms with van der Waals surface area (Å²) in [4.78, 5) is 15.1. The summed E-state index contributed by atoms with van der Waals surface area (Å²) in [6.07, 6.45) is 3.79. The molecule has 2 aromatic heterocycles. The summed E-state index contributed by atoms with van der Waals surface area (Å²) in [6.45, 7) is 0.401. The number of halogens is 1. The second-order valence-electron chi connectivity index (χ2n) is 3.71. The molecule has 0 aromatic carbocycles. The van der Waals surface area contributed by atoms with E-state index in [9.17, 15) is 9.18 Å². The molecule has 1 N–H and O–H groups in total. The van der Waals surface area contributed by atoms with Crippen LogP contribution in [-0.2, 0) is 13.6 Å². The Kier molecular flexibility index (Phi) is 3.18. The van der Waals surface area contributed by atoms with E-state index < -0.39 is 5.95 Å². The summed E-state index contributed by atoms with van der Waals surface area (Å²) in [5, 5.41) is 2.67. The van der Waals surface area contributed by atoms with Gasteiger partial charge in [-0.1, -0.05) is 6.07 Å². The fraction of sp³-hybridized carbons (Fsp3) is 0.167. The number of nitrogens with zero attached hydrogens (tertiary/aromatic N) is 2. The van der Waals surface area contributed by atoms with Gasteiger partial charge in [0.05, 0.1) is 0 Å². The van der Waals surface area contributed by atoms with E-state index >= 15 is 0 Å². The molecule has 0 fully saturated rings. The molecule has 17 heavy (non-hydrogen) atoms. The highest BCUT2D eigenvalue weighted by Gasteiger charge is 2.07. The minimum Gasteiger partial charge on any atom is -0.357 e. The molecule has 0 aliphatic heterocycles. The van der Waals surface area contributed by atoms with Crippen molar-refractivity contribution in [3.63, 3.8) is 0 Å². The fourth-order valence-electron chi connectivity index (χ4n) is 1.47. The van der Waals surface area contributed by atoms with E-state index in [1.807, 2.05) is 30.1 Å². The first-order chi connectivity index (χ1) is 8.15. The third-order valence-electron chi connectivity index (χ3n) is 2.29. The third-order valence-corrected chi connectivity index (χ3v) is 2.29. The van der Waals surface area contributed by atoms with Gasteiger partial charge in [0.15, 0.2) is 0 Å². The summed E-state index contributed by atoms with van der Waals surface area (Å²) in [7, 11) is 1.90. The SMILES string of the molecule is Cn1ccc(CNC(=O)c2cccc(F)n2)c1. The van der Waals surface area contributed by atoms with Crippen LogP contribution in [-0.4, -0.2) is 15.5 Å². The van der Waals surface area contributed by atoms with Crippen LogP contribution < -0.4 is 5.32 Å². The highest BCUT2D eigenvalue weighted by Crippen LogP contribution is 2.01. The average Bonchev–Trinajstić information content (AvgIpc) is 2.72.